The van der Waals surface area contributed by atoms with Crippen LogP contribution in [0, 0.1) is 5.92 Å². The Kier molecular flexibility index (Phi) is 4.12. The maximum Gasteiger partial charge on any atom is 0.303 e. The van der Waals surface area contributed by atoms with Crippen LogP contribution in [-0.2, 0) is 4.79 Å². The Labute approximate surface area is 74.0 Å². The topological polar surface area (TPSA) is 37.3 Å². The Morgan fingerprint density at radius 1 is 1.08 bits per heavy atom. The van der Waals surface area contributed by atoms with Crippen LogP contribution in [-0.4, -0.2) is 11.1 Å². The van der Waals surface area contributed by atoms with Gasteiger partial charge in [0, 0.05) is 6.42 Å². The minimum Gasteiger partial charge on any atom is -0.481 e. The van der Waals surface area contributed by atoms with Gasteiger partial charge in [-0.1, -0.05) is 32.1 Å². The fraction of sp³-hybridized carbons (Fsp3) is 0.900. The second-order valence-corrected chi connectivity index (χ2v) is 3.81. The summed E-state index contributed by atoms with van der Waals surface area (Å²) in [6.45, 7) is 0. The number of carboxylic acid groups (broad SMARTS) is 1. The molecule has 0 heterocycles. The number of carboxylic acids is 1. The Morgan fingerprint density at radius 2 is 1.58 bits per heavy atom. The molecule has 12 heavy (non-hydrogen) atoms. The van der Waals surface area contributed by atoms with Crippen molar-refractivity contribution in [3.05, 3.63) is 0 Å². The van der Waals surface area contributed by atoms with E-state index in [1.165, 1.54) is 32.1 Å². The molecule has 1 fully saturated rings. The van der Waals surface area contributed by atoms with Crippen molar-refractivity contribution in [1.82, 2.24) is 0 Å². The summed E-state index contributed by atoms with van der Waals surface area (Å²) in [4.78, 5) is 10.5. The summed E-state index contributed by atoms with van der Waals surface area (Å²) < 4.78 is 0. The first kappa shape index (κ1) is 9.56. The van der Waals surface area contributed by atoms with Crippen molar-refractivity contribution < 1.29 is 9.90 Å². The highest BCUT2D eigenvalue weighted by molar-refractivity contribution is 5.66. The normalized spacial score (nSPS) is 21.3. The van der Waals surface area contributed by atoms with Crippen LogP contribution in [0.5, 0.6) is 0 Å². The quantitative estimate of drug-likeness (QED) is 0.692. The molecule has 1 N–H and O–H groups in total. The van der Waals surface area contributed by atoms with Gasteiger partial charge in [0.2, 0.25) is 0 Å². The summed E-state index contributed by atoms with van der Waals surface area (Å²) in [5.74, 6) is -0.164. The van der Waals surface area contributed by atoms with Gasteiger partial charge in [-0.15, -0.1) is 0 Å². The first-order chi connectivity index (χ1) is 5.79. The van der Waals surface area contributed by atoms with E-state index in [4.69, 9.17) is 5.11 Å². The van der Waals surface area contributed by atoms with Gasteiger partial charge >= 0.3 is 5.97 Å². The lowest BCUT2D eigenvalue weighted by Crippen LogP contribution is -2.09. The van der Waals surface area contributed by atoms with Gasteiger partial charge in [0.15, 0.2) is 0 Å². The molecule has 0 aromatic heterocycles. The van der Waals surface area contributed by atoms with Crippen LogP contribution in [0.1, 0.15) is 51.4 Å². The van der Waals surface area contributed by atoms with Crippen molar-refractivity contribution in [3.63, 3.8) is 0 Å². The largest absolute Gasteiger partial charge is 0.481 e. The molecule has 2 nitrogen and oxygen atoms in total. The molecular formula is C10H18O2. The van der Waals surface area contributed by atoms with Gasteiger partial charge < -0.3 is 5.11 Å². The maximum absolute atomic E-state index is 10.5. The summed E-state index contributed by atoms with van der Waals surface area (Å²) in [6, 6.07) is 0. The van der Waals surface area contributed by atoms with E-state index in [1.807, 2.05) is 0 Å². The standard InChI is InChI=1S/C10H18O2/c11-10(12)8-9-6-4-2-1-3-5-7-9/h9H,1-8H2,(H,11,12). The summed E-state index contributed by atoms with van der Waals surface area (Å²) in [7, 11) is 0. The summed E-state index contributed by atoms with van der Waals surface area (Å²) in [5, 5.41) is 8.63. The third kappa shape index (κ3) is 3.74. The molecule has 1 rings (SSSR count). The van der Waals surface area contributed by atoms with Gasteiger partial charge in [0.1, 0.15) is 0 Å². The maximum atomic E-state index is 10.5. The van der Waals surface area contributed by atoms with Crippen LogP contribution >= 0.6 is 0 Å². The number of aliphatic carboxylic acids is 1. The number of carbonyl (C=O) groups is 1. The highest BCUT2D eigenvalue weighted by Gasteiger charge is 2.14. The molecule has 0 aromatic rings. The zero-order chi connectivity index (χ0) is 8.81. The van der Waals surface area contributed by atoms with E-state index in [9.17, 15) is 4.79 Å². The van der Waals surface area contributed by atoms with Gasteiger partial charge in [-0.2, -0.15) is 0 Å². The number of hydrogen-bond acceptors (Lipinski definition) is 1. The van der Waals surface area contributed by atoms with Gasteiger partial charge in [0.05, 0.1) is 0 Å². The van der Waals surface area contributed by atoms with Crippen LogP contribution < -0.4 is 0 Å². The van der Waals surface area contributed by atoms with E-state index >= 15 is 0 Å². The molecule has 0 spiro atoms. The van der Waals surface area contributed by atoms with Crippen LogP contribution in [0.3, 0.4) is 0 Å². The molecular weight excluding hydrogens is 152 g/mol. The van der Waals surface area contributed by atoms with Crippen molar-refractivity contribution in [2.45, 2.75) is 51.4 Å². The summed E-state index contributed by atoms with van der Waals surface area (Å²) in [6.07, 6.45) is 9.07. The summed E-state index contributed by atoms with van der Waals surface area (Å²) in [5.41, 5.74) is 0. The predicted octanol–water partition coefficient (Wildman–Crippen LogP) is 2.82. The molecule has 0 saturated heterocycles. The molecule has 70 valence electrons. The molecule has 2 heteroatoms. The Bertz CT molecular complexity index is 135. The fourth-order valence-electron chi connectivity index (χ4n) is 1.99. The van der Waals surface area contributed by atoms with Crippen LogP contribution in [0.2, 0.25) is 0 Å². The second kappa shape index (κ2) is 5.18. The lowest BCUT2D eigenvalue weighted by atomic mass is 9.89. The van der Waals surface area contributed by atoms with Crippen molar-refractivity contribution in [2.24, 2.45) is 5.92 Å². The minimum absolute atomic E-state index is 0.389. The smallest absolute Gasteiger partial charge is 0.303 e. The molecule has 1 saturated carbocycles. The molecule has 1 aliphatic rings. The monoisotopic (exact) mass is 170 g/mol. The van der Waals surface area contributed by atoms with Crippen LogP contribution in [0.25, 0.3) is 0 Å². The van der Waals surface area contributed by atoms with Crippen LogP contribution in [0.15, 0.2) is 0 Å². The van der Waals surface area contributed by atoms with Gasteiger partial charge in [-0.05, 0) is 18.8 Å². The van der Waals surface area contributed by atoms with Crippen LogP contribution in [0.4, 0.5) is 0 Å². The van der Waals surface area contributed by atoms with E-state index in [0.29, 0.717) is 12.3 Å². The van der Waals surface area contributed by atoms with Crippen molar-refractivity contribution >= 4 is 5.97 Å². The zero-order valence-corrected chi connectivity index (χ0v) is 7.59. The van der Waals surface area contributed by atoms with E-state index in [2.05, 4.69) is 0 Å². The molecule has 0 bridgehead atoms. The van der Waals surface area contributed by atoms with E-state index in [-0.39, 0.29) is 0 Å². The predicted molar refractivity (Wildman–Crippen MR) is 48.1 cm³/mol. The van der Waals surface area contributed by atoms with Crippen molar-refractivity contribution in [3.8, 4) is 0 Å². The third-order valence-corrected chi connectivity index (χ3v) is 2.69. The average molecular weight is 170 g/mol. The minimum atomic E-state index is -0.624. The third-order valence-electron chi connectivity index (χ3n) is 2.69. The molecule has 0 unspecified atom stereocenters. The Morgan fingerprint density at radius 3 is 2.08 bits per heavy atom. The number of hydrogen-bond donors (Lipinski definition) is 1. The van der Waals surface area contributed by atoms with Gasteiger partial charge in [0.25, 0.3) is 0 Å². The van der Waals surface area contributed by atoms with Crippen molar-refractivity contribution in [2.75, 3.05) is 0 Å². The average Bonchev–Trinajstić information content (AvgIpc) is 1.93. The lowest BCUT2D eigenvalue weighted by molar-refractivity contribution is -0.138. The molecule has 0 aliphatic heterocycles. The van der Waals surface area contributed by atoms with E-state index in [1.54, 1.807) is 0 Å². The van der Waals surface area contributed by atoms with Gasteiger partial charge in [-0.3, -0.25) is 4.79 Å². The van der Waals surface area contributed by atoms with E-state index in [0.717, 1.165) is 12.8 Å². The van der Waals surface area contributed by atoms with E-state index < -0.39 is 5.97 Å². The first-order valence-electron chi connectivity index (χ1n) is 5.01. The fourth-order valence-corrected chi connectivity index (χ4v) is 1.99. The lowest BCUT2D eigenvalue weighted by Gasteiger charge is -2.17. The Balaban J connectivity index is 2.24. The molecule has 0 aromatic carbocycles. The Hall–Kier alpha value is -0.530. The van der Waals surface area contributed by atoms with Crippen molar-refractivity contribution in [1.29, 1.82) is 0 Å². The molecule has 0 radical (unpaired) electrons. The zero-order valence-electron chi connectivity index (χ0n) is 7.59. The SMILES string of the molecule is O=C(O)CC1CCCCCCC1. The molecule has 1 aliphatic carbocycles. The molecule has 0 atom stereocenters. The summed E-state index contributed by atoms with van der Waals surface area (Å²) >= 11 is 0. The highest BCUT2D eigenvalue weighted by atomic mass is 16.4. The molecule has 0 amide bonds. The van der Waals surface area contributed by atoms with Gasteiger partial charge in [-0.25, -0.2) is 0 Å². The number of rotatable bonds is 2. The highest BCUT2D eigenvalue weighted by Crippen LogP contribution is 2.24. The first-order valence-corrected chi connectivity index (χ1v) is 5.01. The second-order valence-electron chi connectivity index (χ2n) is 3.81.